The predicted octanol–water partition coefficient (Wildman–Crippen LogP) is -1.72. The molecular weight excluding hydrogens is 844 g/mol. The van der Waals surface area contributed by atoms with Gasteiger partial charge in [-0.25, -0.2) is 8.42 Å². The average molecular weight is 866 g/mol. The van der Waals surface area contributed by atoms with Crippen molar-refractivity contribution in [3.05, 3.63) is 115 Å². The molecular formula is C36H22N5Na3O11S3. The molecule has 0 aromatic heterocycles. The fourth-order valence-electron chi connectivity index (χ4n) is 5.82. The van der Waals surface area contributed by atoms with Crippen molar-refractivity contribution in [2.24, 2.45) is 20.5 Å². The van der Waals surface area contributed by atoms with E-state index < -0.39 is 67.9 Å². The SMILES string of the molecule is O=S(=O)([O-])c1cc(N=Nc2ccc(N=Nc3c(S(=O)(=O)O)cc4cc(Nc5ccccc5)ccc4c3[O-])c3ccccc23)c2c([O-])cc(S(=O)(=O)O)cc2c1.[Na+].[Na+].[Na+]. The molecule has 0 radical (unpaired) electrons. The quantitative estimate of drug-likeness (QED) is 0.0831. The van der Waals surface area contributed by atoms with E-state index in [1.54, 1.807) is 36.4 Å². The van der Waals surface area contributed by atoms with Gasteiger partial charge in [0, 0.05) is 27.5 Å². The van der Waals surface area contributed by atoms with Crippen LogP contribution in [0.3, 0.4) is 0 Å². The summed E-state index contributed by atoms with van der Waals surface area (Å²) in [6.07, 6.45) is 0. The molecule has 58 heavy (non-hydrogen) atoms. The molecule has 0 aliphatic heterocycles. The van der Waals surface area contributed by atoms with Gasteiger partial charge in [-0.15, -0.1) is 20.5 Å². The molecule has 0 aliphatic rings. The third-order valence-corrected chi connectivity index (χ3v) is 10.8. The summed E-state index contributed by atoms with van der Waals surface area (Å²) < 4.78 is 104. The molecule has 0 amide bonds. The molecule has 7 aromatic rings. The second-order valence-electron chi connectivity index (χ2n) is 11.9. The minimum absolute atomic E-state index is 0. The van der Waals surface area contributed by atoms with Crippen molar-refractivity contribution in [2.45, 2.75) is 14.7 Å². The van der Waals surface area contributed by atoms with Crippen LogP contribution in [0.2, 0.25) is 0 Å². The zero-order chi connectivity index (χ0) is 39.3. The molecule has 7 aromatic carbocycles. The number of para-hydroxylation sites is 1. The normalized spacial score (nSPS) is 12.1. The van der Waals surface area contributed by atoms with E-state index in [9.17, 15) is 49.1 Å². The first-order valence-electron chi connectivity index (χ1n) is 15.6. The molecule has 22 heteroatoms. The van der Waals surface area contributed by atoms with E-state index in [4.69, 9.17) is 0 Å². The number of hydrogen-bond donors (Lipinski definition) is 3. The van der Waals surface area contributed by atoms with Gasteiger partial charge in [0.2, 0.25) is 0 Å². The van der Waals surface area contributed by atoms with Crippen molar-refractivity contribution in [1.29, 1.82) is 0 Å². The molecule has 0 heterocycles. The van der Waals surface area contributed by atoms with Gasteiger partial charge < -0.3 is 20.1 Å². The van der Waals surface area contributed by atoms with Crippen LogP contribution in [0.25, 0.3) is 32.3 Å². The summed E-state index contributed by atoms with van der Waals surface area (Å²) in [5.41, 5.74) is 0.517. The van der Waals surface area contributed by atoms with Gasteiger partial charge in [0.15, 0.2) is 0 Å². The summed E-state index contributed by atoms with van der Waals surface area (Å²) in [5, 5.41) is 46.5. The van der Waals surface area contributed by atoms with Crippen molar-refractivity contribution in [1.82, 2.24) is 0 Å². The van der Waals surface area contributed by atoms with Crippen LogP contribution in [-0.2, 0) is 30.4 Å². The molecule has 0 unspecified atom stereocenters. The molecule has 0 spiro atoms. The molecule has 3 N–H and O–H groups in total. The van der Waals surface area contributed by atoms with Crippen molar-refractivity contribution < 1.29 is 138 Å². The van der Waals surface area contributed by atoms with Gasteiger partial charge in [0.1, 0.15) is 15.0 Å². The second kappa shape index (κ2) is 18.5. The maximum Gasteiger partial charge on any atom is 1.00 e. The molecule has 0 atom stereocenters. The van der Waals surface area contributed by atoms with E-state index >= 15 is 0 Å². The Kier molecular flexibility index (Phi) is 15.1. The van der Waals surface area contributed by atoms with Crippen LogP contribution in [0.4, 0.5) is 34.1 Å². The topological polar surface area (TPSA) is 274 Å². The maximum atomic E-state index is 13.6. The Morgan fingerprint density at radius 1 is 0.517 bits per heavy atom. The Bertz CT molecular complexity index is 3130. The summed E-state index contributed by atoms with van der Waals surface area (Å²) in [6.45, 7) is 0. The third kappa shape index (κ3) is 10.1. The zero-order valence-corrected chi connectivity index (χ0v) is 39.0. The first kappa shape index (κ1) is 47.3. The molecule has 7 rings (SSSR count). The molecule has 0 fully saturated rings. The first-order valence-corrected chi connectivity index (χ1v) is 19.9. The number of benzene rings is 7. The Labute approximate surface area is 397 Å². The van der Waals surface area contributed by atoms with Crippen molar-refractivity contribution in [3.63, 3.8) is 0 Å². The van der Waals surface area contributed by atoms with Crippen LogP contribution in [-0.4, -0.2) is 38.9 Å². The number of hydrogen-bond acceptors (Lipinski definition) is 14. The van der Waals surface area contributed by atoms with Gasteiger partial charge >= 0.3 is 88.7 Å². The van der Waals surface area contributed by atoms with Gasteiger partial charge in [-0.2, -0.15) is 16.8 Å². The van der Waals surface area contributed by atoms with Crippen LogP contribution in [0.15, 0.2) is 150 Å². The number of nitrogens with zero attached hydrogens (tertiary/aromatic N) is 4. The number of nitrogens with one attached hydrogen (secondary N) is 1. The zero-order valence-electron chi connectivity index (χ0n) is 30.6. The van der Waals surface area contributed by atoms with E-state index in [-0.39, 0.29) is 122 Å². The number of rotatable bonds is 9. The summed E-state index contributed by atoms with van der Waals surface area (Å²) in [6, 6.07) is 27.1. The van der Waals surface area contributed by atoms with Gasteiger partial charge in [-0.1, -0.05) is 60.0 Å². The predicted molar refractivity (Wildman–Crippen MR) is 196 cm³/mol. The Morgan fingerprint density at radius 2 is 1.09 bits per heavy atom. The molecule has 0 saturated carbocycles. The van der Waals surface area contributed by atoms with Crippen LogP contribution in [0.1, 0.15) is 0 Å². The average Bonchev–Trinajstić information content (AvgIpc) is 3.12. The van der Waals surface area contributed by atoms with E-state index in [0.717, 1.165) is 30.0 Å². The molecule has 16 nitrogen and oxygen atoms in total. The van der Waals surface area contributed by atoms with E-state index in [2.05, 4.69) is 25.8 Å². The standard InChI is InChI=1S/C36H25N5O11S3.3Na/c42-32-19-25(54(47,48)49)16-21-15-24(53(44,45)46)18-31(34(21)32)40-38-29-12-13-30(28-9-5-4-8-27(28)29)39-41-35-33(55(50,51)52)17-20-14-23(10-11-26(20)36(35)43)37-22-6-2-1-3-7-22;;;/h1-19,37,42-43H,(H,44,45,46)(H,47,48,49)(H,50,51,52);;;/q;3*+1/p-3. The van der Waals surface area contributed by atoms with Crippen LogP contribution >= 0.6 is 0 Å². The Morgan fingerprint density at radius 3 is 1.67 bits per heavy atom. The number of fused-ring (bicyclic) bond motifs is 3. The van der Waals surface area contributed by atoms with E-state index in [1.165, 1.54) is 18.2 Å². The van der Waals surface area contributed by atoms with Crippen LogP contribution in [0, 0.1) is 0 Å². The minimum Gasteiger partial charge on any atom is -0.872 e. The van der Waals surface area contributed by atoms with Crippen molar-refractivity contribution in [2.75, 3.05) is 5.32 Å². The summed E-state index contributed by atoms with van der Waals surface area (Å²) in [7, 11) is -15.0. The number of azo groups is 2. The van der Waals surface area contributed by atoms with E-state index in [0.29, 0.717) is 22.5 Å². The minimum atomic E-state index is -5.14. The van der Waals surface area contributed by atoms with Crippen LogP contribution in [0.5, 0.6) is 11.5 Å². The third-order valence-electron chi connectivity index (χ3n) is 8.30. The smallest absolute Gasteiger partial charge is 0.872 e. The molecule has 0 aliphatic carbocycles. The maximum absolute atomic E-state index is 13.6. The second-order valence-corrected chi connectivity index (χ2v) is 16.1. The fraction of sp³-hybridized carbons (Fsp3) is 0. The summed E-state index contributed by atoms with van der Waals surface area (Å²) >= 11 is 0. The molecule has 0 bridgehead atoms. The Hall–Kier alpha value is -3.35. The van der Waals surface area contributed by atoms with Crippen molar-refractivity contribution >= 4 is 96.8 Å². The van der Waals surface area contributed by atoms with Gasteiger partial charge in [-0.3, -0.25) is 9.11 Å². The molecule has 278 valence electrons. The van der Waals surface area contributed by atoms with Gasteiger partial charge in [0.25, 0.3) is 20.2 Å². The van der Waals surface area contributed by atoms with Crippen LogP contribution < -0.4 is 104 Å². The fourth-order valence-corrected chi connectivity index (χ4v) is 7.53. The monoisotopic (exact) mass is 865 g/mol. The molecule has 0 saturated heterocycles. The largest absolute Gasteiger partial charge is 1.00 e. The summed E-state index contributed by atoms with van der Waals surface area (Å²) in [5.74, 6) is -1.78. The summed E-state index contributed by atoms with van der Waals surface area (Å²) in [4.78, 5) is -2.44. The van der Waals surface area contributed by atoms with Gasteiger partial charge in [0.05, 0.1) is 32.5 Å². The Balaban J connectivity index is 0.00000248. The first-order chi connectivity index (χ1) is 26.0. The van der Waals surface area contributed by atoms with Crippen molar-refractivity contribution in [3.8, 4) is 11.5 Å². The van der Waals surface area contributed by atoms with Gasteiger partial charge in [-0.05, 0) is 82.9 Å². The van der Waals surface area contributed by atoms with E-state index in [1.807, 2.05) is 30.3 Å². The number of anilines is 2.